The topological polar surface area (TPSA) is 79.7 Å². The maximum atomic E-state index is 12.4. The smallest absolute Gasteiger partial charge is 0.354 e. The van der Waals surface area contributed by atoms with Crippen LogP contribution in [-0.2, 0) is 4.74 Å². The molecule has 1 aromatic heterocycles. The number of carboxylic acid groups (broad SMARTS) is 1. The van der Waals surface area contributed by atoms with E-state index in [2.05, 4.69) is 4.98 Å². The molecule has 0 aliphatic heterocycles. The number of pyridine rings is 1. The largest absolute Gasteiger partial charge is 0.477 e. The number of nitrogens with zero attached hydrogens (tertiary/aromatic N) is 2. The van der Waals surface area contributed by atoms with Gasteiger partial charge in [-0.3, -0.25) is 4.79 Å². The summed E-state index contributed by atoms with van der Waals surface area (Å²) in [6, 6.07) is 2.39. The Morgan fingerprint density at radius 3 is 2.60 bits per heavy atom. The molecule has 110 valence electrons. The predicted octanol–water partition coefficient (Wildman–Crippen LogP) is 1.13. The zero-order valence-corrected chi connectivity index (χ0v) is 10.8. The number of alkyl halides is 2. The molecule has 0 atom stereocenters. The molecule has 1 aromatic rings. The fourth-order valence-electron chi connectivity index (χ4n) is 1.47. The highest BCUT2D eigenvalue weighted by atomic mass is 19.3. The van der Waals surface area contributed by atoms with E-state index < -0.39 is 24.8 Å². The Morgan fingerprint density at radius 1 is 1.45 bits per heavy atom. The Bertz CT molecular complexity index is 465. The van der Waals surface area contributed by atoms with Gasteiger partial charge in [-0.15, -0.1) is 0 Å². The van der Waals surface area contributed by atoms with Gasteiger partial charge >= 0.3 is 5.97 Å². The Balaban J connectivity index is 2.84. The molecule has 0 bridgehead atoms. The molecule has 0 saturated heterocycles. The minimum absolute atomic E-state index is 0.0142. The van der Waals surface area contributed by atoms with Crippen molar-refractivity contribution in [3.05, 3.63) is 29.6 Å². The van der Waals surface area contributed by atoms with Crippen LogP contribution in [0.15, 0.2) is 18.3 Å². The lowest BCUT2D eigenvalue weighted by atomic mass is 10.2. The molecule has 0 unspecified atom stereocenters. The third kappa shape index (κ3) is 4.54. The van der Waals surface area contributed by atoms with Gasteiger partial charge in [0.2, 0.25) is 0 Å². The summed E-state index contributed by atoms with van der Waals surface area (Å²) < 4.78 is 29.6. The molecule has 8 heteroatoms. The molecule has 0 spiro atoms. The van der Waals surface area contributed by atoms with Crippen molar-refractivity contribution >= 4 is 11.9 Å². The number of carbonyl (C=O) groups excluding carboxylic acids is 1. The predicted molar refractivity (Wildman–Crippen MR) is 65.0 cm³/mol. The maximum Gasteiger partial charge on any atom is 0.354 e. The minimum Gasteiger partial charge on any atom is -0.477 e. The van der Waals surface area contributed by atoms with Gasteiger partial charge in [-0.25, -0.2) is 18.6 Å². The average Bonchev–Trinajstić information content (AvgIpc) is 2.42. The van der Waals surface area contributed by atoms with E-state index in [1.54, 1.807) is 0 Å². The summed E-state index contributed by atoms with van der Waals surface area (Å²) in [6.45, 7) is -0.581. The summed E-state index contributed by atoms with van der Waals surface area (Å²) in [6.07, 6.45) is -1.61. The van der Waals surface area contributed by atoms with E-state index in [1.165, 1.54) is 13.2 Å². The third-order valence-corrected chi connectivity index (χ3v) is 2.44. The number of methoxy groups -OCH3 is 1. The molecule has 1 rings (SSSR count). The van der Waals surface area contributed by atoms with Crippen molar-refractivity contribution < 1.29 is 28.2 Å². The average molecular weight is 288 g/mol. The second-order valence-electron chi connectivity index (χ2n) is 3.87. The van der Waals surface area contributed by atoms with Crippen LogP contribution < -0.4 is 0 Å². The lowest BCUT2D eigenvalue weighted by Gasteiger charge is -2.21. The normalized spacial score (nSPS) is 10.6. The van der Waals surface area contributed by atoms with Crippen LogP contribution >= 0.6 is 0 Å². The van der Waals surface area contributed by atoms with E-state index in [9.17, 15) is 18.4 Å². The Morgan fingerprint density at radius 2 is 2.15 bits per heavy atom. The molecule has 1 N–H and O–H groups in total. The van der Waals surface area contributed by atoms with Crippen LogP contribution in [0.3, 0.4) is 0 Å². The highest BCUT2D eigenvalue weighted by Crippen LogP contribution is 2.08. The maximum absolute atomic E-state index is 12.4. The van der Waals surface area contributed by atoms with E-state index in [0.717, 1.165) is 17.2 Å². The van der Waals surface area contributed by atoms with Crippen LogP contribution in [0.4, 0.5) is 8.78 Å². The van der Waals surface area contributed by atoms with Crippen molar-refractivity contribution in [2.24, 2.45) is 0 Å². The highest BCUT2D eigenvalue weighted by molar-refractivity contribution is 5.94. The molecule has 0 aliphatic carbocycles. The molecule has 0 saturated carbocycles. The number of amides is 1. The van der Waals surface area contributed by atoms with Gasteiger partial charge in [0.15, 0.2) is 0 Å². The van der Waals surface area contributed by atoms with E-state index in [4.69, 9.17) is 9.84 Å². The zero-order valence-electron chi connectivity index (χ0n) is 10.8. The first kappa shape index (κ1) is 16.0. The molecule has 6 nitrogen and oxygen atoms in total. The number of halogens is 2. The second-order valence-corrected chi connectivity index (χ2v) is 3.87. The fraction of sp³-hybridized carbons (Fsp3) is 0.417. The molecule has 0 fully saturated rings. The van der Waals surface area contributed by atoms with Crippen LogP contribution in [0.5, 0.6) is 0 Å². The molecule has 1 heterocycles. The first-order valence-electron chi connectivity index (χ1n) is 5.71. The van der Waals surface area contributed by atoms with Gasteiger partial charge in [-0.1, -0.05) is 0 Å². The summed E-state index contributed by atoms with van der Waals surface area (Å²) in [5, 5.41) is 8.69. The van der Waals surface area contributed by atoms with Crippen LogP contribution in [-0.4, -0.2) is 60.1 Å². The van der Waals surface area contributed by atoms with Crippen molar-refractivity contribution in [2.45, 2.75) is 6.43 Å². The monoisotopic (exact) mass is 288 g/mol. The second kappa shape index (κ2) is 7.49. The Kier molecular flexibility index (Phi) is 5.98. The lowest BCUT2D eigenvalue weighted by molar-refractivity contribution is 0.0477. The van der Waals surface area contributed by atoms with Crippen LogP contribution in [0.1, 0.15) is 20.8 Å². The van der Waals surface area contributed by atoms with Gasteiger partial charge in [0, 0.05) is 19.9 Å². The number of carbonyl (C=O) groups is 2. The van der Waals surface area contributed by atoms with E-state index in [1.807, 2.05) is 0 Å². The van der Waals surface area contributed by atoms with Gasteiger partial charge in [0.05, 0.1) is 18.7 Å². The van der Waals surface area contributed by atoms with E-state index in [-0.39, 0.29) is 24.4 Å². The summed E-state index contributed by atoms with van der Waals surface area (Å²) >= 11 is 0. The number of aromatic nitrogens is 1. The molecule has 20 heavy (non-hydrogen) atoms. The van der Waals surface area contributed by atoms with E-state index in [0.29, 0.717) is 0 Å². The zero-order chi connectivity index (χ0) is 15.1. The van der Waals surface area contributed by atoms with Crippen LogP contribution in [0.25, 0.3) is 0 Å². The third-order valence-electron chi connectivity index (χ3n) is 2.44. The number of aromatic carboxylic acids is 1. The van der Waals surface area contributed by atoms with Crippen molar-refractivity contribution in [3.8, 4) is 0 Å². The summed E-state index contributed by atoms with van der Waals surface area (Å²) in [5.41, 5.74) is -0.175. The summed E-state index contributed by atoms with van der Waals surface area (Å²) in [4.78, 5) is 27.2. The SMILES string of the molecule is COCCN(CC(F)F)C(=O)c1ccc(C(=O)O)nc1. The van der Waals surface area contributed by atoms with Crippen LogP contribution in [0.2, 0.25) is 0 Å². The van der Waals surface area contributed by atoms with Crippen molar-refractivity contribution in [2.75, 3.05) is 26.8 Å². The standard InChI is InChI=1S/C12H14F2N2O4/c1-20-5-4-16(7-10(13)14)11(17)8-2-3-9(12(18)19)15-6-8/h2-3,6,10H,4-5,7H2,1H3,(H,18,19). The van der Waals surface area contributed by atoms with Gasteiger partial charge in [-0.2, -0.15) is 0 Å². The summed E-state index contributed by atoms with van der Waals surface area (Å²) in [7, 11) is 1.40. The van der Waals surface area contributed by atoms with Gasteiger partial charge in [0.25, 0.3) is 12.3 Å². The first-order valence-corrected chi connectivity index (χ1v) is 5.71. The van der Waals surface area contributed by atoms with Crippen LogP contribution in [0, 0.1) is 0 Å². The van der Waals surface area contributed by atoms with E-state index >= 15 is 0 Å². The molecular formula is C12H14F2N2O4. The number of hydrogen-bond donors (Lipinski definition) is 1. The lowest BCUT2D eigenvalue weighted by Crippen LogP contribution is -2.37. The first-order chi connectivity index (χ1) is 9.45. The van der Waals surface area contributed by atoms with Crippen molar-refractivity contribution in [1.82, 2.24) is 9.88 Å². The number of ether oxygens (including phenoxy) is 1. The molecular weight excluding hydrogens is 274 g/mol. The van der Waals surface area contributed by atoms with Crippen molar-refractivity contribution in [1.29, 1.82) is 0 Å². The Hall–Kier alpha value is -2.09. The molecule has 1 amide bonds. The molecule has 0 radical (unpaired) electrons. The summed E-state index contributed by atoms with van der Waals surface area (Å²) in [5.74, 6) is -1.88. The fourth-order valence-corrected chi connectivity index (χ4v) is 1.47. The van der Waals surface area contributed by atoms with Crippen molar-refractivity contribution in [3.63, 3.8) is 0 Å². The van der Waals surface area contributed by atoms with Gasteiger partial charge in [0.1, 0.15) is 5.69 Å². The number of rotatable bonds is 7. The molecule has 0 aliphatic rings. The van der Waals surface area contributed by atoms with Gasteiger partial charge in [-0.05, 0) is 12.1 Å². The highest BCUT2D eigenvalue weighted by Gasteiger charge is 2.20. The quantitative estimate of drug-likeness (QED) is 0.813. The number of hydrogen-bond acceptors (Lipinski definition) is 4. The Labute approximate surface area is 114 Å². The molecule has 0 aromatic carbocycles. The minimum atomic E-state index is -2.66. The van der Waals surface area contributed by atoms with Gasteiger partial charge < -0.3 is 14.7 Å². The number of carboxylic acids is 1.